The van der Waals surface area contributed by atoms with E-state index in [1.165, 1.54) is 0 Å². The molecule has 0 saturated heterocycles. The minimum atomic E-state index is 0.253. The molecule has 1 N–H and O–H groups in total. The van der Waals surface area contributed by atoms with Crippen LogP contribution >= 0.6 is 11.3 Å². The van der Waals surface area contributed by atoms with Gasteiger partial charge in [0.05, 0.1) is 6.42 Å². The Morgan fingerprint density at radius 1 is 1.69 bits per heavy atom. The van der Waals surface area contributed by atoms with Crippen LogP contribution in [-0.2, 0) is 11.2 Å². The fourth-order valence-corrected chi connectivity index (χ4v) is 1.81. The Balaban J connectivity index is 2.36. The summed E-state index contributed by atoms with van der Waals surface area (Å²) >= 11 is 1.56. The molecule has 0 aliphatic rings. The van der Waals surface area contributed by atoms with Gasteiger partial charge in [0.25, 0.3) is 0 Å². The minimum Gasteiger partial charge on any atom is -0.319 e. The molecule has 3 nitrogen and oxygen atoms in total. The molecule has 0 aliphatic heterocycles. The van der Waals surface area contributed by atoms with Gasteiger partial charge in [-0.3, -0.25) is 4.79 Å². The number of hydrogen-bond donors (Lipinski definition) is 1. The molecule has 4 heteroatoms. The number of ketones is 1. The quantitative estimate of drug-likeness (QED) is 0.772. The molecular formula is C9H14N2OS. The zero-order valence-electron chi connectivity index (χ0n) is 7.96. The summed E-state index contributed by atoms with van der Waals surface area (Å²) in [5.41, 5.74) is 1.00. The summed E-state index contributed by atoms with van der Waals surface area (Å²) < 4.78 is 0. The molecule has 1 rings (SSSR count). The SMILES string of the molecule is CNCCC(=O)Cc1nc(C)cs1. The Kier molecular flexibility index (Phi) is 4.05. The van der Waals surface area contributed by atoms with Gasteiger partial charge in [0.1, 0.15) is 10.8 Å². The lowest BCUT2D eigenvalue weighted by atomic mass is 10.2. The van der Waals surface area contributed by atoms with Gasteiger partial charge in [-0.25, -0.2) is 4.98 Å². The van der Waals surface area contributed by atoms with Crippen molar-refractivity contribution in [1.82, 2.24) is 10.3 Å². The number of thiazole rings is 1. The van der Waals surface area contributed by atoms with Gasteiger partial charge in [-0.2, -0.15) is 0 Å². The van der Waals surface area contributed by atoms with Gasteiger partial charge in [0.2, 0.25) is 0 Å². The van der Waals surface area contributed by atoms with Crippen molar-refractivity contribution in [2.24, 2.45) is 0 Å². The predicted molar refractivity (Wildman–Crippen MR) is 54.1 cm³/mol. The third kappa shape index (κ3) is 3.65. The zero-order valence-corrected chi connectivity index (χ0v) is 8.78. The van der Waals surface area contributed by atoms with Gasteiger partial charge in [-0.05, 0) is 14.0 Å². The number of aromatic nitrogens is 1. The molecule has 1 aromatic heterocycles. The minimum absolute atomic E-state index is 0.253. The van der Waals surface area contributed by atoms with E-state index in [1.54, 1.807) is 11.3 Å². The van der Waals surface area contributed by atoms with Gasteiger partial charge < -0.3 is 5.32 Å². The Hall–Kier alpha value is -0.740. The first-order valence-electron chi connectivity index (χ1n) is 4.29. The van der Waals surface area contributed by atoms with Crippen LogP contribution in [0.5, 0.6) is 0 Å². The fourth-order valence-electron chi connectivity index (χ4n) is 1.01. The standard InChI is InChI=1S/C9H14N2OS/c1-7-6-13-9(11-7)5-8(12)3-4-10-2/h6,10H,3-5H2,1-2H3. The van der Waals surface area contributed by atoms with Crippen LogP contribution in [-0.4, -0.2) is 24.4 Å². The van der Waals surface area contributed by atoms with E-state index in [4.69, 9.17) is 0 Å². The predicted octanol–water partition coefficient (Wildman–Crippen LogP) is 1.17. The van der Waals surface area contributed by atoms with Crippen LogP contribution in [0, 0.1) is 6.92 Å². The molecule has 0 spiro atoms. The highest BCUT2D eigenvalue weighted by molar-refractivity contribution is 7.09. The number of aryl methyl sites for hydroxylation is 1. The van der Waals surface area contributed by atoms with Crippen molar-refractivity contribution in [2.75, 3.05) is 13.6 Å². The summed E-state index contributed by atoms with van der Waals surface area (Å²) in [6, 6.07) is 0. The van der Waals surface area contributed by atoms with Gasteiger partial charge in [-0.1, -0.05) is 0 Å². The van der Waals surface area contributed by atoms with Crippen molar-refractivity contribution in [3.05, 3.63) is 16.1 Å². The maximum Gasteiger partial charge on any atom is 0.140 e. The van der Waals surface area contributed by atoms with Crippen molar-refractivity contribution < 1.29 is 4.79 Å². The molecule has 72 valence electrons. The summed E-state index contributed by atoms with van der Waals surface area (Å²) in [5.74, 6) is 0.253. The molecule has 0 bridgehead atoms. The van der Waals surface area contributed by atoms with E-state index in [1.807, 2.05) is 19.4 Å². The summed E-state index contributed by atoms with van der Waals surface area (Å²) in [6.45, 7) is 2.70. The van der Waals surface area contributed by atoms with Gasteiger partial charge in [0, 0.05) is 24.0 Å². The summed E-state index contributed by atoms with van der Waals surface area (Å²) in [4.78, 5) is 15.5. The topological polar surface area (TPSA) is 42.0 Å². The summed E-state index contributed by atoms with van der Waals surface area (Å²) in [7, 11) is 1.85. The average Bonchev–Trinajstić information content (AvgIpc) is 2.48. The third-order valence-electron chi connectivity index (χ3n) is 1.67. The molecule has 0 atom stereocenters. The maximum atomic E-state index is 11.3. The van der Waals surface area contributed by atoms with Crippen LogP contribution in [0.25, 0.3) is 0 Å². The Morgan fingerprint density at radius 3 is 3.00 bits per heavy atom. The second kappa shape index (κ2) is 5.09. The lowest BCUT2D eigenvalue weighted by molar-refractivity contribution is -0.118. The number of carbonyl (C=O) groups is 1. The van der Waals surface area contributed by atoms with Crippen molar-refractivity contribution in [1.29, 1.82) is 0 Å². The largest absolute Gasteiger partial charge is 0.319 e. The van der Waals surface area contributed by atoms with E-state index in [2.05, 4.69) is 10.3 Å². The van der Waals surface area contributed by atoms with Crippen LogP contribution in [0.4, 0.5) is 0 Å². The number of Topliss-reactive ketones (excluding diaryl/α,β-unsaturated/α-hetero) is 1. The van der Waals surface area contributed by atoms with E-state index in [9.17, 15) is 4.79 Å². The highest BCUT2D eigenvalue weighted by Crippen LogP contribution is 2.09. The van der Waals surface area contributed by atoms with Crippen molar-refractivity contribution in [2.45, 2.75) is 19.8 Å². The molecule has 0 radical (unpaired) electrons. The van der Waals surface area contributed by atoms with E-state index < -0.39 is 0 Å². The maximum absolute atomic E-state index is 11.3. The number of carbonyl (C=O) groups excluding carboxylic acids is 1. The van der Waals surface area contributed by atoms with Crippen LogP contribution in [0.2, 0.25) is 0 Å². The van der Waals surface area contributed by atoms with Crippen LogP contribution in [0.3, 0.4) is 0 Å². The van der Waals surface area contributed by atoms with Crippen LogP contribution < -0.4 is 5.32 Å². The lowest BCUT2D eigenvalue weighted by Crippen LogP contribution is -2.14. The smallest absolute Gasteiger partial charge is 0.140 e. The second-order valence-electron chi connectivity index (χ2n) is 2.95. The Labute approximate surface area is 82.2 Å². The highest BCUT2D eigenvalue weighted by atomic mass is 32.1. The zero-order chi connectivity index (χ0) is 9.68. The van der Waals surface area contributed by atoms with Crippen molar-refractivity contribution in [3.8, 4) is 0 Å². The molecule has 1 aromatic rings. The Morgan fingerprint density at radius 2 is 2.46 bits per heavy atom. The fraction of sp³-hybridized carbons (Fsp3) is 0.556. The molecule has 0 amide bonds. The summed E-state index contributed by atoms with van der Waals surface area (Å²) in [6.07, 6.45) is 1.08. The van der Waals surface area contributed by atoms with E-state index in [0.717, 1.165) is 17.2 Å². The average molecular weight is 198 g/mol. The summed E-state index contributed by atoms with van der Waals surface area (Å²) in [5, 5.41) is 5.85. The van der Waals surface area contributed by atoms with E-state index in [-0.39, 0.29) is 5.78 Å². The molecule has 0 aliphatic carbocycles. The molecular weight excluding hydrogens is 184 g/mol. The molecule has 0 aromatic carbocycles. The molecule has 0 fully saturated rings. The number of nitrogens with zero attached hydrogens (tertiary/aromatic N) is 1. The third-order valence-corrected chi connectivity index (χ3v) is 2.64. The Bertz CT molecular complexity index is 283. The van der Waals surface area contributed by atoms with Crippen molar-refractivity contribution in [3.63, 3.8) is 0 Å². The number of hydrogen-bond acceptors (Lipinski definition) is 4. The van der Waals surface area contributed by atoms with Crippen LogP contribution in [0.1, 0.15) is 17.1 Å². The molecule has 0 saturated carbocycles. The molecule has 13 heavy (non-hydrogen) atoms. The lowest BCUT2D eigenvalue weighted by Gasteiger charge is -1.96. The first-order valence-corrected chi connectivity index (χ1v) is 5.17. The normalized spacial score (nSPS) is 10.3. The van der Waals surface area contributed by atoms with E-state index >= 15 is 0 Å². The van der Waals surface area contributed by atoms with Gasteiger partial charge in [-0.15, -0.1) is 11.3 Å². The van der Waals surface area contributed by atoms with Gasteiger partial charge >= 0.3 is 0 Å². The number of nitrogens with one attached hydrogen (secondary N) is 1. The molecule has 0 unspecified atom stereocenters. The first kappa shape index (κ1) is 10.3. The van der Waals surface area contributed by atoms with Crippen LogP contribution in [0.15, 0.2) is 5.38 Å². The van der Waals surface area contributed by atoms with Gasteiger partial charge in [0.15, 0.2) is 0 Å². The molecule has 1 heterocycles. The number of rotatable bonds is 5. The van der Waals surface area contributed by atoms with E-state index in [0.29, 0.717) is 12.8 Å². The monoisotopic (exact) mass is 198 g/mol. The second-order valence-corrected chi connectivity index (χ2v) is 3.89. The van der Waals surface area contributed by atoms with Crippen molar-refractivity contribution >= 4 is 17.1 Å². The first-order chi connectivity index (χ1) is 6.22. The highest BCUT2D eigenvalue weighted by Gasteiger charge is 2.05.